The van der Waals surface area contributed by atoms with E-state index in [1.165, 1.54) is 0 Å². The predicted molar refractivity (Wildman–Crippen MR) is 101 cm³/mol. The van der Waals surface area contributed by atoms with E-state index < -0.39 is 16.1 Å². The van der Waals surface area contributed by atoms with Crippen LogP contribution in [-0.4, -0.2) is 56.8 Å². The van der Waals surface area contributed by atoms with Gasteiger partial charge in [-0.2, -0.15) is 0 Å². The van der Waals surface area contributed by atoms with Crippen molar-refractivity contribution in [2.75, 3.05) is 19.6 Å². The summed E-state index contributed by atoms with van der Waals surface area (Å²) in [6.07, 6.45) is 2.75. The number of benzene rings is 1. The van der Waals surface area contributed by atoms with E-state index in [9.17, 15) is 13.2 Å². The molecule has 142 valence electrons. The number of nitrogens with zero attached hydrogens (tertiary/aromatic N) is 2. The molecule has 3 rings (SSSR count). The molecule has 0 aromatic heterocycles. The molecule has 1 aromatic carbocycles. The van der Waals surface area contributed by atoms with Crippen molar-refractivity contribution in [2.24, 2.45) is 4.99 Å². The zero-order valence-corrected chi connectivity index (χ0v) is 16.1. The SMILES string of the molecule is CCCN(C(=O)C(C)N=C1NS(=O)(=O)c2ccccc21)C1CCNCC1. The minimum Gasteiger partial charge on any atom is -0.338 e. The van der Waals surface area contributed by atoms with Gasteiger partial charge in [0.2, 0.25) is 5.91 Å². The minimum atomic E-state index is -3.59. The molecule has 26 heavy (non-hydrogen) atoms. The van der Waals surface area contributed by atoms with E-state index in [2.05, 4.69) is 22.0 Å². The number of aliphatic imine (C=N–C) groups is 1. The first-order chi connectivity index (χ1) is 12.4. The Morgan fingerprint density at radius 2 is 2.00 bits per heavy atom. The molecule has 0 saturated carbocycles. The minimum absolute atomic E-state index is 0.0465. The molecule has 0 radical (unpaired) electrons. The highest BCUT2D eigenvalue weighted by molar-refractivity contribution is 7.90. The number of hydrogen-bond acceptors (Lipinski definition) is 5. The highest BCUT2D eigenvalue weighted by Gasteiger charge is 2.33. The Morgan fingerprint density at radius 3 is 2.69 bits per heavy atom. The lowest BCUT2D eigenvalue weighted by Gasteiger charge is -2.35. The molecule has 1 unspecified atom stereocenters. The van der Waals surface area contributed by atoms with Crippen molar-refractivity contribution in [3.63, 3.8) is 0 Å². The van der Waals surface area contributed by atoms with Crippen molar-refractivity contribution >= 4 is 21.8 Å². The lowest BCUT2D eigenvalue weighted by atomic mass is 10.0. The molecular formula is C18H26N4O3S. The van der Waals surface area contributed by atoms with Crippen LogP contribution < -0.4 is 10.0 Å². The monoisotopic (exact) mass is 378 g/mol. The Hall–Kier alpha value is -1.93. The first-order valence-electron chi connectivity index (χ1n) is 9.15. The summed E-state index contributed by atoms with van der Waals surface area (Å²) in [6.45, 7) is 6.30. The Morgan fingerprint density at radius 1 is 1.31 bits per heavy atom. The fourth-order valence-electron chi connectivity index (χ4n) is 3.55. The Balaban J connectivity index is 1.83. The van der Waals surface area contributed by atoms with Gasteiger partial charge in [-0.25, -0.2) is 8.42 Å². The summed E-state index contributed by atoms with van der Waals surface area (Å²) in [7, 11) is -3.59. The number of fused-ring (bicyclic) bond motifs is 1. The summed E-state index contributed by atoms with van der Waals surface area (Å²) in [5, 5.41) is 3.32. The highest BCUT2D eigenvalue weighted by atomic mass is 32.2. The number of carbonyl (C=O) groups is 1. The smallest absolute Gasteiger partial charge is 0.263 e. The number of sulfonamides is 1. The molecule has 1 saturated heterocycles. The molecule has 2 aliphatic rings. The summed E-state index contributed by atoms with van der Waals surface area (Å²) in [5.41, 5.74) is 0.524. The highest BCUT2D eigenvalue weighted by Crippen LogP contribution is 2.23. The molecule has 2 N–H and O–H groups in total. The van der Waals surface area contributed by atoms with Crippen molar-refractivity contribution in [1.82, 2.24) is 14.9 Å². The van der Waals surface area contributed by atoms with E-state index in [-0.39, 0.29) is 22.7 Å². The van der Waals surface area contributed by atoms with E-state index in [1.807, 2.05) is 4.90 Å². The molecule has 8 heteroatoms. The molecule has 1 fully saturated rings. The third-order valence-electron chi connectivity index (χ3n) is 4.84. The summed E-state index contributed by atoms with van der Waals surface area (Å²) in [6, 6.07) is 6.28. The quantitative estimate of drug-likeness (QED) is 0.803. The molecule has 7 nitrogen and oxygen atoms in total. The van der Waals surface area contributed by atoms with Gasteiger partial charge in [-0.05, 0) is 51.4 Å². The van der Waals surface area contributed by atoms with Crippen molar-refractivity contribution in [3.8, 4) is 0 Å². The maximum atomic E-state index is 13.0. The van der Waals surface area contributed by atoms with Crippen LogP contribution in [0.25, 0.3) is 0 Å². The number of amidine groups is 1. The Kier molecular flexibility index (Phi) is 5.62. The average Bonchev–Trinajstić information content (AvgIpc) is 2.90. The first-order valence-corrected chi connectivity index (χ1v) is 10.6. The normalized spacial score (nSPS) is 21.8. The standard InChI is InChI=1S/C18H26N4O3S/c1-3-12-22(14-8-10-19-11-9-14)18(23)13(2)20-17-15-6-4-5-7-16(15)26(24,25)21-17/h4-7,13-14,19H,3,8-12H2,1-2H3,(H,20,21). The summed E-state index contributed by atoms with van der Waals surface area (Å²) in [5.74, 6) is 0.207. The number of hydrogen-bond donors (Lipinski definition) is 2. The van der Waals surface area contributed by atoms with E-state index in [4.69, 9.17) is 0 Å². The van der Waals surface area contributed by atoms with Gasteiger partial charge >= 0.3 is 0 Å². The molecule has 0 bridgehead atoms. The van der Waals surface area contributed by atoms with Crippen molar-refractivity contribution in [2.45, 2.75) is 50.1 Å². The van der Waals surface area contributed by atoms with Gasteiger partial charge in [-0.1, -0.05) is 19.1 Å². The second kappa shape index (κ2) is 7.75. The van der Waals surface area contributed by atoms with E-state index in [0.29, 0.717) is 12.1 Å². The second-order valence-corrected chi connectivity index (χ2v) is 8.42. The van der Waals surface area contributed by atoms with Crippen molar-refractivity contribution in [1.29, 1.82) is 0 Å². The molecule has 1 amide bonds. The maximum absolute atomic E-state index is 13.0. The fourth-order valence-corrected chi connectivity index (χ4v) is 4.79. The average molecular weight is 378 g/mol. The second-order valence-electron chi connectivity index (χ2n) is 6.77. The van der Waals surface area contributed by atoms with Crippen LogP contribution in [0.4, 0.5) is 0 Å². The number of rotatable bonds is 5. The van der Waals surface area contributed by atoms with Crippen LogP contribution in [-0.2, 0) is 14.8 Å². The van der Waals surface area contributed by atoms with Crippen LogP contribution in [0.5, 0.6) is 0 Å². The summed E-state index contributed by atoms with van der Waals surface area (Å²) in [4.78, 5) is 19.6. The maximum Gasteiger partial charge on any atom is 0.263 e. The first kappa shape index (κ1) is 18.8. The molecule has 2 aliphatic heterocycles. The van der Waals surface area contributed by atoms with E-state index in [0.717, 1.165) is 32.4 Å². The van der Waals surface area contributed by atoms with Crippen LogP contribution in [0.15, 0.2) is 34.2 Å². The topological polar surface area (TPSA) is 90.9 Å². The zero-order chi connectivity index (χ0) is 18.7. The molecule has 0 aliphatic carbocycles. The van der Waals surface area contributed by atoms with Crippen molar-refractivity contribution in [3.05, 3.63) is 29.8 Å². The number of piperidine rings is 1. The van der Waals surface area contributed by atoms with Crippen LogP contribution in [0.3, 0.4) is 0 Å². The largest absolute Gasteiger partial charge is 0.338 e. The fraction of sp³-hybridized carbons (Fsp3) is 0.556. The number of carbonyl (C=O) groups excluding carboxylic acids is 1. The third kappa shape index (κ3) is 3.76. The summed E-state index contributed by atoms with van der Waals surface area (Å²) >= 11 is 0. The van der Waals surface area contributed by atoms with Gasteiger partial charge in [0, 0.05) is 18.2 Å². The Labute approximate surface area is 154 Å². The van der Waals surface area contributed by atoms with E-state index >= 15 is 0 Å². The molecular weight excluding hydrogens is 352 g/mol. The molecule has 1 aromatic rings. The zero-order valence-electron chi connectivity index (χ0n) is 15.2. The predicted octanol–water partition coefficient (Wildman–Crippen LogP) is 1.10. The number of amides is 1. The molecule has 1 atom stereocenters. The van der Waals surface area contributed by atoms with Crippen LogP contribution in [0.1, 0.15) is 38.7 Å². The summed E-state index contributed by atoms with van der Waals surface area (Å²) < 4.78 is 26.9. The van der Waals surface area contributed by atoms with Gasteiger partial charge < -0.3 is 10.2 Å². The lowest BCUT2D eigenvalue weighted by Crippen LogP contribution is -2.49. The Bertz CT molecular complexity index is 800. The van der Waals surface area contributed by atoms with Crippen molar-refractivity contribution < 1.29 is 13.2 Å². The van der Waals surface area contributed by atoms with Gasteiger partial charge in [0.15, 0.2) is 0 Å². The lowest BCUT2D eigenvalue weighted by molar-refractivity contribution is -0.135. The van der Waals surface area contributed by atoms with Gasteiger partial charge in [-0.3, -0.25) is 14.5 Å². The van der Waals surface area contributed by atoms with Crippen LogP contribution >= 0.6 is 0 Å². The van der Waals surface area contributed by atoms with E-state index in [1.54, 1.807) is 31.2 Å². The van der Waals surface area contributed by atoms with Gasteiger partial charge in [0.25, 0.3) is 10.0 Å². The van der Waals surface area contributed by atoms with Gasteiger partial charge in [-0.15, -0.1) is 0 Å². The molecule has 0 spiro atoms. The van der Waals surface area contributed by atoms with Gasteiger partial charge in [0.05, 0.1) is 4.90 Å². The molecule has 2 heterocycles. The van der Waals surface area contributed by atoms with Crippen LogP contribution in [0, 0.1) is 0 Å². The van der Waals surface area contributed by atoms with Crippen LogP contribution in [0.2, 0.25) is 0 Å². The van der Waals surface area contributed by atoms with Gasteiger partial charge in [0.1, 0.15) is 11.9 Å². The number of nitrogens with one attached hydrogen (secondary N) is 2. The third-order valence-corrected chi connectivity index (χ3v) is 6.24.